The Bertz CT molecular complexity index is 993. The van der Waals surface area contributed by atoms with E-state index in [2.05, 4.69) is 10.3 Å². The maximum atomic E-state index is 13.8. The van der Waals surface area contributed by atoms with Crippen LogP contribution in [0.3, 0.4) is 0 Å². The highest BCUT2D eigenvalue weighted by Crippen LogP contribution is 2.51. The number of nitrogens with zero attached hydrogens (tertiary/aromatic N) is 2. The number of hydrogen-bond acceptors (Lipinski definition) is 4. The van der Waals surface area contributed by atoms with Gasteiger partial charge in [-0.3, -0.25) is 9.59 Å². The first-order valence-electron chi connectivity index (χ1n) is 11.4. The molecule has 162 valence electrons. The van der Waals surface area contributed by atoms with Crippen molar-refractivity contribution in [3.05, 3.63) is 59.3 Å². The number of carbonyl (C=O) groups excluding carboxylic acids is 2. The van der Waals surface area contributed by atoms with E-state index in [4.69, 9.17) is 4.74 Å². The molecule has 1 N–H and O–H groups in total. The molecule has 1 aliphatic carbocycles. The molecule has 6 nitrogen and oxygen atoms in total. The molecule has 3 heterocycles. The van der Waals surface area contributed by atoms with E-state index in [1.807, 2.05) is 48.2 Å². The van der Waals surface area contributed by atoms with Crippen molar-refractivity contribution in [2.24, 2.45) is 0 Å². The van der Waals surface area contributed by atoms with Crippen molar-refractivity contribution in [2.75, 3.05) is 18.5 Å². The molecule has 2 atom stereocenters. The van der Waals surface area contributed by atoms with Crippen molar-refractivity contribution in [1.29, 1.82) is 0 Å². The van der Waals surface area contributed by atoms with Crippen LogP contribution in [-0.4, -0.2) is 46.5 Å². The van der Waals surface area contributed by atoms with Crippen molar-refractivity contribution < 1.29 is 14.3 Å². The third-order valence-electron chi connectivity index (χ3n) is 7.22. The van der Waals surface area contributed by atoms with Crippen molar-refractivity contribution in [3.8, 4) is 0 Å². The summed E-state index contributed by atoms with van der Waals surface area (Å²) in [7, 11) is 0. The van der Waals surface area contributed by atoms with Gasteiger partial charge in [-0.05, 0) is 55.9 Å². The molecular weight excluding hydrogens is 390 g/mol. The summed E-state index contributed by atoms with van der Waals surface area (Å²) in [5.74, 6) is 0.111. The number of benzene rings is 1. The molecule has 0 bridgehead atoms. The van der Waals surface area contributed by atoms with Crippen LogP contribution in [0.5, 0.6) is 0 Å². The first-order chi connectivity index (χ1) is 15.1. The van der Waals surface area contributed by atoms with Crippen LogP contribution < -0.4 is 5.32 Å². The van der Waals surface area contributed by atoms with Gasteiger partial charge in [0, 0.05) is 24.9 Å². The summed E-state index contributed by atoms with van der Waals surface area (Å²) in [5, 5.41) is 3.08. The van der Waals surface area contributed by atoms with Crippen LogP contribution >= 0.6 is 0 Å². The Hall–Kier alpha value is -2.73. The molecule has 0 unspecified atom stereocenters. The molecule has 1 saturated carbocycles. The lowest BCUT2D eigenvalue weighted by atomic mass is 9.71. The molecule has 31 heavy (non-hydrogen) atoms. The minimum atomic E-state index is -0.510. The second kappa shape index (κ2) is 8.08. The van der Waals surface area contributed by atoms with Crippen LogP contribution in [0.1, 0.15) is 65.9 Å². The maximum absolute atomic E-state index is 13.8. The molecule has 2 amide bonds. The normalized spacial score (nSPS) is 24.4. The fraction of sp³-hybridized carbons (Fsp3) is 0.480. The molecule has 3 aliphatic rings. The second-order valence-electron chi connectivity index (χ2n) is 9.04. The average molecular weight is 420 g/mol. The highest BCUT2D eigenvalue weighted by atomic mass is 16.5. The predicted octanol–water partition coefficient (Wildman–Crippen LogP) is 4.06. The Kier molecular flexibility index (Phi) is 5.26. The fourth-order valence-corrected chi connectivity index (χ4v) is 5.73. The number of aromatic nitrogens is 1. The van der Waals surface area contributed by atoms with E-state index in [1.165, 1.54) is 0 Å². The van der Waals surface area contributed by atoms with E-state index >= 15 is 0 Å². The molecular formula is C25H29N3O3. The summed E-state index contributed by atoms with van der Waals surface area (Å²) in [6, 6.07) is 11.4. The lowest BCUT2D eigenvalue weighted by Crippen LogP contribution is -2.61. The first-order valence-corrected chi connectivity index (χ1v) is 11.4. The van der Waals surface area contributed by atoms with Gasteiger partial charge in [-0.2, -0.15) is 0 Å². The van der Waals surface area contributed by atoms with Gasteiger partial charge in [-0.15, -0.1) is 0 Å². The van der Waals surface area contributed by atoms with Crippen LogP contribution in [0.4, 0.5) is 5.82 Å². The Morgan fingerprint density at radius 3 is 2.74 bits per heavy atom. The van der Waals surface area contributed by atoms with Gasteiger partial charge in [0.15, 0.2) is 0 Å². The number of anilines is 1. The Labute approximate surface area is 183 Å². The SMILES string of the molecule is Cc1cccnc1NC(=O)[C@H]1c2ccccc2C(=O)N(C[C@@H]2CCCO2)C12CCCC2. The number of fused-ring (bicyclic) bond motifs is 1. The van der Waals surface area contributed by atoms with Gasteiger partial charge in [-0.25, -0.2) is 4.98 Å². The van der Waals surface area contributed by atoms with E-state index in [0.29, 0.717) is 17.9 Å². The smallest absolute Gasteiger partial charge is 0.254 e. The molecule has 1 spiro atoms. The quantitative estimate of drug-likeness (QED) is 0.811. The van der Waals surface area contributed by atoms with E-state index in [9.17, 15) is 9.59 Å². The van der Waals surface area contributed by atoms with Gasteiger partial charge in [0.1, 0.15) is 5.82 Å². The highest BCUT2D eigenvalue weighted by Gasteiger charge is 2.56. The third kappa shape index (κ3) is 3.43. The van der Waals surface area contributed by atoms with Crippen LogP contribution in [0.25, 0.3) is 0 Å². The zero-order valence-corrected chi connectivity index (χ0v) is 18.0. The minimum Gasteiger partial charge on any atom is -0.376 e. The van der Waals surface area contributed by atoms with Gasteiger partial charge in [-0.1, -0.05) is 37.1 Å². The maximum Gasteiger partial charge on any atom is 0.254 e. The number of pyridine rings is 1. The van der Waals surface area contributed by atoms with Crippen LogP contribution in [0, 0.1) is 6.92 Å². The van der Waals surface area contributed by atoms with Gasteiger partial charge in [0.25, 0.3) is 5.91 Å². The van der Waals surface area contributed by atoms with E-state index in [0.717, 1.165) is 56.3 Å². The fourth-order valence-electron chi connectivity index (χ4n) is 5.73. The lowest BCUT2D eigenvalue weighted by Gasteiger charge is -2.50. The molecule has 1 aromatic heterocycles. The van der Waals surface area contributed by atoms with E-state index in [1.54, 1.807) is 6.20 Å². The van der Waals surface area contributed by atoms with Crippen molar-refractivity contribution in [2.45, 2.75) is 63.0 Å². The number of nitrogens with one attached hydrogen (secondary N) is 1. The van der Waals surface area contributed by atoms with Crippen molar-refractivity contribution in [3.63, 3.8) is 0 Å². The Balaban J connectivity index is 1.58. The third-order valence-corrected chi connectivity index (χ3v) is 7.22. The summed E-state index contributed by atoms with van der Waals surface area (Å²) in [6.45, 7) is 3.24. The molecule has 1 aromatic carbocycles. The molecule has 6 heteroatoms. The van der Waals surface area contributed by atoms with Gasteiger partial charge in [0.2, 0.25) is 5.91 Å². The van der Waals surface area contributed by atoms with Gasteiger partial charge >= 0.3 is 0 Å². The first kappa shape index (κ1) is 20.2. The number of hydrogen-bond donors (Lipinski definition) is 1. The van der Waals surface area contributed by atoms with Crippen molar-refractivity contribution in [1.82, 2.24) is 9.88 Å². The summed E-state index contributed by atoms with van der Waals surface area (Å²) >= 11 is 0. The zero-order chi connectivity index (χ0) is 21.4. The number of ether oxygens (including phenoxy) is 1. The monoisotopic (exact) mass is 419 g/mol. The van der Waals surface area contributed by atoms with Crippen molar-refractivity contribution >= 4 is 17.6 Å². The molecule has 2 aromatic rings. The summed E-state index contributed by atoms with van der Waals surface area (Å²) < 4.78 is 5.90. The largest absolute Gasteiger partial charge is 0.376 e. The van der Waals surface area contributed by atoms with Crippen LogP contribution in [0.2, 0.25) is 0 Å². The summed E-state index contributed by atoms with van der Waals surface area (Å²) in [6.07, 6.45) is 7.43. The summed E-state index contributed by atoms with van der Waals surface area (Å²) in [5.41, 5.74) is 1.89. The minimum absolute atomic E-state index is 0.0334. The molecule has 2 aliphatic heterocycles. The number of carbonyl (C=O) groups is 2. The van der Waals surface area contributed by atoms with Crippen LogP contribution in [-0.2, 0) is 9.53 Å². The standard InChI is InChI=1S/C25H29N3O3/c1-17-8-6-14-26-22(17)27-23(29)21-19-10-2-3-11-20(19)24(30)28(16-18-9-7-15-31-18)25(21)12-4-5-13-25/h2-3,6,8,10-11,14,18,21H,4-5,7,9,12-13,15-16H2,1H3,(H,26,27,29)/t18-,21+/m0/s1. The Morgan fingerprint density at radius 2 is 2.00 bits per heavy atom. The average Bonchev–Trinajstić information content (AvgIpc) is 3.46. The second-order valence-corrected chi connectivity index (χ2v) is 9.04. The lowest BCUT2D eigenvalue weighted by molar-refractivity contribution is -0.121. The highest BCUT2D eigenvalue weighted by molar-refractivity contribution is 6.05. The van der Waals surface area contributed by atoms with E-state index < -0.39 is 11.5 Å². The Morgan fingerprint density at radius 1 is 1.19 bits per heavy atom. The molecule has 0 radical (unpaired) electrons. The molecule has 2 fully saturated rings. The van der Waals surface area contributed by atoms with Crippen LogP contribution in [0.15, 0.2) is 42.6 Å². The topological polar surface area (TPSA) is 71.5 Å². The number of aryl methyl sites for hydroxylation is 1. The zero-order valence-electron chi connectivity index (χ0n) is 18.0. The molecule has 5 rings (SSSR count). The summed E-state index contributed by atoms with van der Waals surface area (Å²) in [4.78, 5) is 33.8. The number of rotatable bonds is 4. The molecule has 1 saturated heterocycles. The van der Waals surface area contributed by atoms with Gasteiger partial charge in [0.05, 0.1) is 17.6 Å². The van der Waals surface area contributed by atoms with E-state index in [-0.39, 0.29) is 17.9 Å². The predicted molar refractivity (Wildman–Crippen MR) is 118 cm³/mol. The number of amides is 2. The van der Waals surface area contributed by atoms with Gasteiger partial charge < -0.3 is 15.0 Å².